The molecule has 8 heteroatoms. The van der Waals surface area contributed by atoms with E-state index in [4.69, 9.17) is 9.47 Å². The number of hydrogen-bond donors (Lipinski definition) is 1. The SMILES string of the molecule is COc1cc(/C=C2/SC(=O)NC2=O)cc(Br)c1OCc1ccc(F)cc1. The first-order valence-electron chi connectivity index (χ1n) is 7.46. The summed E-state index contributed by atoms with van der Waals surface area (Å²) in [7, 11) is 1.50. The Balaban J connectivity index is 1.83. The number of nitrogens with one attached hydrogen (secondary N) is 1. The standard InChI is InChI=1S/C18H13BrFNO4S/c1-24-14-7-11(8-15-17(22)21-18(23)26-15)6-13(19)16(14)25-9-10-2-4-12(20)5-3-10/h2-8H,9H2,1H3,(H,21,22,23)/b15-8+. The fraction of sp³-hybridized carbons (Fsp3) is 0.111. The number of benzene rings is 2. The molecule has 5 nitrogen and oxygen atoms in total. The highest BCUT2D eigenvalue weighted by molar-refractivity contribution is 9.10. The maximum atomic E-state index is 13.0. The minimum atomic E-state index is -0.424. The lowest BCUT2D eigenvalue weighted by Crippen LogP contribution is -2.17. The van der Waals surface area contributed by atoms with Crippen molar-refractivity contribution in [2.75, 3.05) is 7.11 Å². The lowest BCUT2D eigenvalue weighted by Gasteiger charge is -2.14. The first-order chi connectivity index (χ1) is 12.5. The van der Waals surface area contributed by atoms with Gasteiger partial charge in [0.25, 0.3) is 11.1 Å². The molecule has 2 aromatic rings. The van der Waals surface area contributed by atoms with Crippen LogP contribution in [-0.4, -0.2) is 18.3 Å². The van der Waals surface area contributed by atoms with Crippen LogP contribution in [-0.2, 0) is 11.4 Å². The molecule has 0 bridgehead atoms. The van der Waals surface area contributed by atoms with E-state index < -0.39 is 11.1 Å². The van der Waals surface area contributed by atoms with E-state index in [0.29, 0.717) is 26.4 Å². The van der Waals surface area contributed by atoms with Gasteiger partial charge in [0, 0.05) is 0 Å². The van der Waals surface area contributed by atoms with E-state index in [1.165, 1.54) is 19.2 Å². The summed E-state index contributed by atoms with van der Waals surface area (Å²) in [6, 6.07) is 9.47. The third-order valence-corrected chi connectivity index (χ3v) is 4.89. The summed E-state index contributed by atoms with van der Waals surface area (Å²) in [5, 5.41) is 1.81. The van der Waals surface area contributed by atoms with Gasteiger partial charge in [-0.05, 0) is 69.2 Å². The summed E-state index contributed by atoms with van der Waals surface area (Å²) in [6.45, 7) is 0.239. The summed E-state index contributed by atoms with van der Waals surface area (Å²) in [6.07, 6.45) is 1.60. The maximum absolute atomic E-state index is 13.0. The van der Waals surface area contributed by atoms with E-state index in [9.17, 15) is 14.0 Å². The van der Waals surface area contributed by atoms with Crippen molar-refractivity contribution in [2.45, 2.75) is 6.61 Å². The Morgan fingerprint density at radius 1 is 1.23 bits per heavy atom. The predicted molar refractivity (Wildman–Crippen MR) is 101 cm³/mol. The molecule has 134 valence electrons. The monoisotopic (exact) mass is 437 g/mol. The Morgan fingerprint density at radius 2 is 1.96 bits per heavy atom. The van der Waals surface area contributed by atoms with Crippen molar-refractivity contribution in [3.8, 4) is 11.5 Å². The lowest BCUT2D eigenvalue weighted by molar-refractivity contribution is -0.115. The number of rotatable bonds is 5. The van der Waals surface area contributed by atoms with Crippen LogP contribution in [0.5, 0.6) is 11.5 Å². The molecule has 2 amide bonds. The number of halogens is 2. The van der Waals surface area contributed by atoms with Gasteiger partial charge in [-0.25, -0.2) is 4.39 Å². The molecule has 0 spiro atoms. The molecule has 0 aromatic heterocycles. The molecular weight excluding hydrogens is 425 g/mol. The number of hydrogen-bond acceptors (Lipinski definition) is 5. The highest BCUT2D eigenvalue weighted by Gasteiger charge is 2.25. The average molecular weight is 438 g/mol. The van der Waals surface area contributed by atoms with Crippen LogP contribution in [0.3, 0.4) is 0 Å². The first-order valence-corrected chi connectivity index (χ1v) is 9.07. The molecule has 1 fully saturated rings. The Morgan fingerprint density at radius 3 is 2.58 bits per heavy atom. The summed E-state index contributed by atoms with van der Waals surface area (Å²) >= 11 is 4.28. The van der Waals surface area contributed by atoms with Gasteiger partial charge in [0.15, 0.2) is 11.5 Å². The fourth-order valence-electron chi connectivity index (χ4n) is 2.27. The maximum Gasteiger partial charge on any atom is 0.290 e. The van der Waals surface area contributed by atoms with Crippen LogP contribution >= 0.6 is 27.7 Å². The fourth-order valence-corrected chi connectivity index (χ4v) is 3.53. The zero-order valence-corrected chi connectivity index (χ0v) is 15.9. The Hall–Kier alpha value is -2.32. The molecule has 1 saturated heterocycles. The largest absolute Gasteiger partial charge is 0.493 e. The molecule has 0 atom stereocenters. The third kappa shape index (κ3) is 4.25. The van der Waals surface area contributed by atoms with Gasteiger partial charge in [-0.3, -0.25) is 14.9 Å². The van der Waals surface area contributed by atoms with Crippen molar-refractivity contribution < 1.29 is 23.5 Å². The van der Waals surface area contributed by atoms with Crippen molar-refractivity contribution in [2.24, 2.45) is 0 Å². The number of amides is 2. The highest BCUT2D eigenvalue weighted by atomic mass is 79.9. The van der Waals surface area contributed by atoms with Crippen LogP contribution in [0, 0.1) is 5.82 Å². The molecule has 0 unspecified atom stereocenters. The average Bonchev–Trinajstić information content (AvgIpc) is 2.92. The molecule has 1 heterocycles. The van der Waals surface area contributed by atoms with Gasteiger partial charge >= 0.3 is 0 Å². The second-order valence-corrected chi connectivity index (χ2v) is 7.17. The Kier molecular flexibility index (Phi) is 5.63. The quantitative estimate of drug-likeness (QED) is 0.697. The lowest BCUT2D eigenvalue weighted by atomic mass is 10.2. The molecule has 0 aliphatic carbocycles. The van der Waals surface area contributed by atoms with E-state index in [2.05, 4.69) is 21.2 Å². The summed E-state index contributed by atoms with van der Waals surface area (Å²) in [5.74, 6) is 0.213. The summed E-state index contributed by atoms with van der Waals surface area (Å²) in [5.41, 5.74) is 1.49. The molecule has 3 rings (SSSR count). The Labute approximate surface area is 161 Å². The summed E-state index contributed by atoms with van der Waals surface area (Å²) in [4.78, 5) is 23.2. The van der Waals surface area contributed by atoms with E-state index in [1.54, 1.807) is 30.3 Å². The molecule has 0 radical (unpaired) electrons. The number of methoxy groups -OCH3 is 1. The minimum absolute atomic E-state index is 0.239. The van der Waals surface area contributed by atoms with Gasteiger partial charge in [-0.2, -0.15) is 0 Å². The van der Waals surface area contributed by atoms with Gasteiger partial charge in [0.2, 0.25) is 0 Å². The number of carbonyl (C=O) groups excluding carboxylic acids is 2. The van der Waals surface area contributed by atoms with Gasteiger partial charge < -0.3 is 9.47 Å². The molecule has 1 aliphatic heterocycles. The number of ether oxygens (including phenoxy) is 2. The molecular formula is C18H13BrFNO4S. The molecule has 26 heavy (non-hydrogen) atoms. The zero-order chi connectivity index (χ0) is 18.7. The highest BCUT2D eigenvalue weighted by Crippen LogP contribution is 2.38. The normalized spacial score (nSPS) is 15.3. The van der Waals surface area contributed by atoms with Crippen LogP contribution in [0.15, 0.2) is 45.8 Å². The van der Waals surface area contributed by atoms with Crippen molar-refractivity contribution in [3.63, 3.8) is 0 Å². The number of thioether (sulfide) groups is 1. The van der Waals surface area contributed by atoms with E-state index in [1.807, 2.05) is 0 Å². The predicted octanol–water partition coefficient (Wildman–Crippen LogP) is 4.50. The molecule has 2 aromatic carbocycles. The van der Waals surface area contributed by atoms with E-state index >= 15 is 0 Å². The van der Waals surface area contributed by atoms with Crippen molar-refractivity contribution in [1.82, 2.24) is 5.32 Å². The van der Waals surface area contributed by atoms with Gasteiger partial charge in [0.1, 0.15) is 12.4 Å². The summed E-state index contributed by atoms with van der Waals surface area (Å²) < 4.78 is 24.8. The smallest absolute Gasteiger partial charge is 0.290 e. The topological polar surface area (TPSA) is 64.6 Å². The van der Waals surface area contributed by atoms with Crippen LogP contribution in [0.4, 0.5) is 9.18 Å². The molecule has 0 saturated carbocycles. The van der Waals surface area contributed by atoms with Crippen LogP contribution in [0.2, 0.25) is 0 Å². The zero-order valence-electron chi connectivity index (χ0n) is 13.5. The van der Waals surface area contributed by atoms with Crippen molar-refractivity contribution >= 4 is 44.9 Å². The number of carbonyl (C=O) groups is 2. The van der Waals surface area contributed by atoms with Crippen molar-refractivity contribution in [1.29, 1.82) is 0 Å². The van der Waals surface area contributed by atoms with Gasteiger partial charge in [-0.15, -0.1) is 0 Å². The Bertz CT molecular complexity index is 899. The molecule has 1 aliphatic rings. The first kappa shape index (κ1) is 18.5. The van der Waals surface area contributed by atoms with Crippen LogP contribution in [0.1, 0.15) is 11.1 Å². The van der Waals surface area contributed by atoms with Gasteiger partial charge in [0.05, 0.1) is 16.5 Å². The van der Waals surface area contributed by atoms with Crippen LogP contribution < -0.4 is 14.8 Å². The van der Waals surface area contributed by atoms with Crippen LogP contribution in [0.25, 0.3) is 6.08 Å². The second-order valence-electron chi connectivity index (χ2n) is 5.30. The van der Waals surface area contributed by atoms with Crippen molar-refractivity contribution in [3.05, 3.63) is 62.7 Å². The number of imide groups is 1. The van der Waals surface area contributed by atoms with Gasteiger partial charge in [-0.1, -0.05) is 12.1 Å². The molecule has 1 N–H and O–H groups in total. The second kappa shape index (κ2) is 7.92. The third-order valence-electron chi connectivity index (χ3n) is 3.49. The minimum Gasteiger partial charge on any atom is -0.493 e. The van der Waals surface area contributed by atoms with E-state index in [-0.39, 0.29) is 12.4 Å². The van der Waals surface area contributed by atoms with E-state index in [0.717, 1.165) is 17.3 Å².